The van der Waals surface area contributed by atoms with Crippen LogP contribution in [0.1, 0.15) is 12.5 Å². The Kier molecular flexibility index (Phi) is 3.34. The smallest absolute Gasteiger partial charge is 0.397 e. The highest BCUT2D eigenvalue weighted by Gasteiger charge is 2.33. The van der Waals surface area contributed by atoms with Gasteiger partial charge in [-0.15, -0.1) is 0 Å². The van der Waals surface area contributed by atoms with E-state index in [1.165, 1.54) is 6.07 Å². The zero-order chi connectivity index (χ0) is 11.6. The van der Waals surface area contributed by atoms with Crippen molar-refractivity contribution in [3.8, 4) is 0 Å². The molecule has 0 aromatic heterocycles. The van der Waals surface area contributed by atoms with Crippen LogP contribution in [0.4, 0.5) is 24.5 Å². The first kappa shape index (κ1) is 12.0. The minimum Gasteiger partial charge on any atom is -0.397 e. The van der Waals surface area contributed by atoms with Gasteiger partial charge in [0.2, 0.25) is 0 Å². The van der Waals surface area contributed by atoms with Crippen molar-refractivity contribution in [1.82, 2.24) is 0 Å². The number of hydrogen-bond donors (Lipinski definition) is 2. The number of hydrogen-bond acceptors (Lipinski definition) is 2. The Labute approximate surface area is 90.2 Å². The molecular formula is C9H10ClF3N2. The van der Waals surface area contributed by atoms with Gasteiger partial charge in [-0.3, -0.25) is 0 Å². The van der Waals surface area contributed by atoms with E-state index in [0.717, 1.165) is 6.07 Å². The minimum absolute atomic E-state index is 0.0357. The van der Waals surface area contributed by atoms with Gasteiger partial charge in [0.15, 0.2) is 0 Å². The third kappa shape index (κ3) is 2.68. The molecule has 3 N–H and O–H groups in total. The Balaban J connectivity index is 3.20. The van der Waals surface area contributed by atoms with Crippen LogP contribution >= 0.6 is 11.6 Å². The van der Waals surface area contributed by atoms with Crippen molar-refractivity contribution >= 4 is 23.0 Å². The molecule has 0 aliphatic rings. The normalized spacial score (nSPS) is 11.5. The summed E-state index contributed by atoms with van der Waals surface area (Å²) in [4.78, 5) is 0. The summed E-state index contributed by atoms with van der Waals surface area (Å²) in [5, 5.41) is 2.46. The van der Waals surface area contributed by atoms with E-state index in [0.29, 0.717) is 12.2 Å². The molecule has 0 unspecified atom stereocenters. The lowest BCUT2D eigenvalue weighted by molar-refractivity contribution is -0.137. The molecule has 0 heterocycles. The Morgan fingerprint density at radius 1 is 1.40 bits per heavy atom. The van der Waals surface area contributed by atoms with Crippen LogP contribution < -0.4 is 11.1 Å². The molecule has 84 valence electrons. The van der Waals surface area contributed by atoms with E-state index >= 15 is 0 Å². The van der Waals surface area contributed by atoms with Gasteiger partial charge in [0, 0.05) is 6.54 Å². The topological polar surface area (TPSA) is 38.0 Å². The molecule has 0 aliphatic carbocycles. The van der Waals surface area contributed by atoms with Gasteiger partial charge in [-0.1, -0.05) is 11.6 Å². The number of benzene rings is 1. The second kappa shape index (κ2) is 4.18. The first-order chi connectivity index (χ1) is 6.86. The maximum atomic E-state index is 12.4. The third-order valence-corrected chi connectivity index (χ3v) is 2.12. The van der Waals surface area contributed by atoms with Crippen molar-refractivity contribution in [2.24, 2.45) is 0 Å². The SMILES string of the molecule is CCNc1cc(Cl)c(C(F)(F)F)cc1N. The molecule has 0 saturated heterocycles. The van der Waals surface area contributed by atoms with Crippen molar-refractivity contribution in [2.45, 2.75) is 13.1 Å². The van der Waals surface area contributed by atoms with Gasteiger partial charge >= 0.3 is 6.18 Å². The fourth-order valence-corrected chi connectivity index (χ4v) is 1.42. The molecule has 0 bridgehead atoms. The minimum atomic E-state index is -4.48. The Hall–Kier alpha value is -1.10. The number of anilines is 2. The van der Waals surface area contributed by atoms with E-state index in [-0.39, 0.29) is 10.7 Å². The molecule has 0 radical (unpaired) electrons. The molecule has 1 rings (SSSR count). The fourth-order valence-electron chi connectivity index (χ4n) is 1.15. The van der Waals surface area contributed by atoms with Gasteiger partial charge in [-0.2, -0.15) is 13.2 Å². The van der Waals surface area contributed by atoms with E-state index in [1.807, 2.05) is 6.92 Å². The molecule has 6 heteroatoms. The summed E-state index contributed by atoms with van der Waals surface area (Å²) in [6.07, 6.45) is -4.48. The van der Waals surface area contributed by atoms with E-state index in [2.05, 4.69) is 5.32 Å². The predicted octanol–water partition coefficient (Wildman–Crippen LogP) is 3.37. The molecule has 0 saturated carbocycles. The third-order valence-electron chi connectivity index (χ3n) is 1.81. The number of halogens is 4. The number of nitrogens with two attached hydrogens (primary N) is 1. The maximum absolute atomic E-state index is 12.4. The van der Waals surface area contributed by atoms with Gasteiger partial charge < -0.3 is 11.1 Å². The van der Waals surface area contributed by atoms with Gasteiger partial charge in [-0.25, -0.2) is 0 Å². The van der Waals surface area contributed by atoms with E-state index < -0.39 is 11.7 Å². The van der Waals surface area contributed by atoms with Crippen LogP contribution in [0.15, 0.2) is 12.1 Å². The van der Waals surface area contributed by atoms with Crippen LogP contribution in [0, 0.1) is 0 Å². The summed E-state index contributed by atoms with van der Waals surface area (Å²) in [6.45, 7) is 2.37. The fraction of sp³-hybridized carbons (Fsp3) is 0.333. The molecule has 0 atom stereocenters. The highest BCUT2D eigenvalue weighted by atomic mass is 35.5. The molecule has 1 aromatic carbocycles. The van der Waals surface area contributed by atoms with Crippen LogP contribution in [0.3, 0.4) is 0 Å². The summed E-state index contributed by atoms with van der Waals surface area (Å²) in [5.74, 6) is 0. The molecule has 0 fully saturated rings. The van der Waals surface area contributed by atoms with E-state index in [1.54, 1.807) is 0 Å². The van der Waals surface area contributed by atoms with Gasteiger partial charge in [0.1, 0.15) is 0 Å². The van der Waals surface area contributed by atoms with Crippen molar-refractivity contribution < 1.29 is 13.2 Å². The van der Waals surface area contributed by atoms with Gasteiger partial charge in [-0.05, 0) is 19.1 Å². The lowest BCUT2D eigenvalue weighted by Gasteiger charge is -2.13. The molecular weight excluding hydrogens is 229 g/mol. The number of rotatable bonds is 2. The van der Waals surface area contributed by atoms with Gasteiger partial charge in [0.05, 0.1) is 22.0 Å². The Bertz CT molecular complexity index is 363. The average molecular weight is 239 g/mol. The lowest BCUT2D eigenvalue weighted by atomic mass is 10.1. The largest absolute Gasteiger partial charge is 0.417 e. The Morgan fingerprint density at radius 2 is 2.00 bits per heavy atom. The summed E-state index contributed by atoms with van der Waals surface area (Å²) >= 11 is 5.51. The van der Waals surface area contributed by atoms with Crippen LogP contribution in [0.2, 0.25) is 5.02 Å². The molecule has 0 spiro atoms. The maximum Gasteiger partial charge on any atom is 0.417 e. The lowest BCUT2D eigenvalue weighted by Crippen LogP contribution is -2.09. The molecule has 2 nitrogen and oxygen atoms in total. The zero-order valence-electron chi connectivity index (χ0n) is 7.95. The van der Waals surface area contributed by atoms with Crippen molar-refractivity contribution in [3.63, 3.8) is 0 Å². The quantitative estimate of drug-likeness (QED) is 0.776. The van der Waals surface area contributed by atoms with E-state index in [9.17, 15) is 13.2 Å². The molecule has 0 aliphatic heterocycles. The zero-order valence-corrected chi connectivity index (χ0v) is 8.71. The monoisotopic (exact) mass is 238 g/mol. The van der Waals surface area contributed by atoms with E-state index in [4.69, 9.17) is 17.3 Å². The first-order valence-corrected chi connectivity index (χ1v) is 4.64. The average Bonchev–Trinajstić information content (AvgIpc) is 2.09. The molecule has 1 aromatic rings. The van der Waals surface area contributed by atoms with Crippen molar-refractivity contribution in [1.29, 1.82) is 0 Å². The Morgan fingerprint density at radius 3 is 2.47 bits per heavy atom. The highest BCUT2D eigenvalue weighted by Crippen LogP contribution is 2.38. The molecule has 15 heavy (non-hydrogen) atoms. The summed E-state index contributed by atoms with van der Waals surface area (Å²) in [5.41, 5.74) is 4.99. The standard InChI is InChI=1S/C9H10ClF3N2/c1-2-15-8-4-6(10)5(3-7(8)14)9(11,12)13/h3-4,15H,2,14H2,1H3. The summed E-state index contributed by atoms with van der Waals surface area (Å²) in [7, 11) is 0. The molecule has 0 amide bonds. The second-order valence-electron chi connectivity index (χ2n) is 2.95. The van der Waals surface area contributed by atoms with Crippen molar-refractivity contribution in [2.75, 3.05) is 17.6 Å². The van der Waals surface area contributed by atoms with Crippen LogP contribution in [0.25, 0.3) is 0 Å². The first-order valence-electron chi connectivity index (χ1n) is 4.26. The van der Waals surface area contributed by atoms with Crippen LogP contribution in [-0.4, -0.2) is 6.54 Å². The predicted molar refractivity (Wildman–Crippen MR) is 55.0 cm³/mol. The second-order valence-corrected chi connectivity index (χ2v) is 3.35. The van der Waals surface area contributed by atoms with Crippen LogP contribution in [-0.2, 0) is 6.18 Å². The van der Waals surface area contributed by atoms with Gasteiger partial charge in [0.25, 0.3) is 0 Å². The number of nitrogens with one attached hydrogen (secondary N) is 1. The van der Waals surface area contributed by atoms with Crippen LogP contribution in [0.5, 0.6) is 0 Å². The number of alkyl halides is 3. The summed E-state index contributed by atoms with van der Waals surface area (Å²) < 4.78 is 37.2. The highest BCUT2D eigenvalue weighted by molar-refractivity contribution is 6.31. The number of nitrogen functional groups attached to an aromatic ring is 1. The summed E-state index contributed by atoms with van der Waals surface area (Å²) in [6, 6.07) is 2.02. The van der Waals surface area contributed by atoms with Crippen molar-refractivity contribution in [3.05, 3.63) is 22.7 Å².